The maximum atomic E-state index is 11.7. The first-order valence-electron chi connectivity index (χ1n) is 7.16. The fourth-order valence-corrected chi connectivity index (χ4v) is 2.54. The minimum atomic E-state index is -0.615. The van der Waals surface area contributed by atoms with Gasteiger partial charge in [0.2, 0.25) is 0 Å². The average Bonchev–Trinajstić information content (AvgIpc) is 2.39. The lowest BCUT2D eigenvalue weighted by molar-refractivity contribution is -0.150. The molecule has 1 fully saturated rings. The molecule has 0 aromatic carbocycles. The van der Waals surface area contributed by atoms with Gasteiger partial charge in [0.1, 0.15) is 0 Å². The van der Waals surface area contributed by atoms with Crippen molar-refractivity contribution in [2.75, 3.05) is 26.2 Å². The lowest BCUT2D eigenvalue weighted by Gasteiger charge is -2.37. The van der Waals surface area contributed by atoms with Crippen LogP contribution >= 0.6 is 0 Å². The zero-order chi connectivity index (χ0) is 13.6. The topological polar surface area (TPSA) is 49.8 Å². The molecule has 0 radical (unpaired) electrons. The second-order valence-electron chi connectivity index (χ2n) is 5.26. The van der Waals surface area contributed by atoms with Crippen molar-refractivity contribution in [1.82, 2.24) is 4.90 Å². The van der Waals surface area contributed by atoms with Crippen LogP contribution in [0.2, 0.25) is 0 Å². The molecular formula is C14H27NO3. The minimum Gasteiger partial charge on any atom is -0.466 e. The summed E-state index contributed by atoms with van der Waals surface area (Å²) >= 11 is 0. The average molecular weight is 257 g/mol. The molecule has 1 N–H and O–H groups in total. The summed E-state index contributed by atoms with van der Waals surface area (Å²) in [5.41, 5.74) is -0.615. The molecular weight excluding hydrogens is 230 g/mol. The molecule has 0 unspecified atom stereocenters. The molecule has 4 heteroatoms. The number of hydrogen-bond acceptors (Lipinski definition) is 4. The summed E-state index contributed by atoms with van der Waals surface area (Å²) in [6.07, 6.45) is 3.42. The van der Waals surface area contributed by atoms with E-state index in [0.29, 0.717) is 13.2 Å². The molecule has 1 saturated heterocycles. The van der Waals surface area contributed by atoms with Crippen molar-refractivity contribution >= 4 is 5.97 Å². The van der Waals surface area contributed by atoms with Gasteiger partial charge in [0.05, 0.1) is 18.1 Å². The normalized spacial score (nSPS) is 21.9. The van der Waals surface area contributed by atoms with E-state index < -0.39 is 5.60 Å². The molecule has 1 rings (SSSR count). The standard InChI is InChI=1S/C14H27NO3/c1-4-14(17,5-2)11-15-9-7-8-12(10-15)13(16)18-6-3/h12,17H,4-11H2,1-3H3/t12-/m1/s1. The van der Waals surface area contributed by atoms with Crippen LogP contribution < -0.4 is 0 Å². The van der Waals surface area contributed by atoms with E-state index in [4.69, 9.17) is 4.74 Å². The van der Waals surface area contributed by atoms with E-state index in [1.165, 1.54) is 0 Å². The molecule has 1 aliphatic rings. The van der Waals surface area contributed by atoms with Crippen LogP contribution in [0.25, 0.3) is 0 Å². The predicted octanol–water partition coefficient (Wildman–Crippen LogP) is 1.81. The lowest BCUT2D eigenvalue weighted by Crippen LogP contribution is -2.47. The first-order chi connectivity index (χ1) is 8.54. The van der Waals surface area contributed by atoms with Gasteiger partial charge in [0.15, 0.2) is 0 Å². The van der Waals surface area contributed by atoms with Crippen molar-refractivity contribution in [3.05, 3.63) is 0 Å². The molecule has 18 heavy (non-hydrogen) atoms. The number of esters is 1. The Morgan fingerprint density at radius 3 is 2.61 bits per heavy atom. The van der Waals surface area contributed by atoms with Crippen molar-refractivity contribution in [2.24, 2.45) is 5.92 Å². The van der Waals surface area contributed by atoms with Crippen molar-refractivity contribution in [2.45, 2.75) is 52.1 Å². The fourth-order valence-electron chi connectivity index (χ4n) is 2.54. The molecule has 1 atom stereocenters. The van der Waals surface area contributed by atoms with E-state index in [1.807, 2.05) is 20.8 Å². The second kappa shape index (κ2) is 7.10. The largest absolute Gasteiger partial charge is 0.466 e. The van der Waals surface area contributed by atoms with Crippen LogP contribution in [0.4, 0.5) is 0 Å². The Kier molecular flexibility index (Phi) is 6.09. The van der Waals surface area contributed by atoms with E-state index in [2.05, 4.69) is 4.90 Å². The number of ether oxygens (including phenoxy) is 1. The molecule has 0 aromatic rings. The Balaban J connectivity index is 2.51. The molecule has 1 aliphatic heterocycles. The number of rotatable bonds is 6. The summed E-state index contributed by atoms with van der Waals surface area (Å²) < 4.78 is 5.08. The number of carbonyl (C=O) groups is 1. The first kappa shape index (κ1) is 15.4. The zero-order valence-corrected chi connectivity index (χ0v) is 11.9. The summed E-state index contributed by atoms with van der Waals surface area (Å²) in [4.78, 5) is 13.9. The van der Waals surface area contributed by atoms with Crippen LogP contribution in [-0.4, -0.2) is 47.8 Å². The van der Waals surface area contributed by atoms with Crippen LogP contribution in [0.3, 0.4) is 0 Å². The van der Waals surface area contributed by atoms with Crippen LogP contribution in [0.1, 0.15) is 46.5 Å². The minimum absolute atomic E-state index is 0.0170. The van der Waals surface area contributed by atoms with Crippen LogP contribution in [0.15, 0.2) is 0 Å². The van der Waals surface area contributed by atoms with Gasteiger partial charge < -0.3 is 9.84 Å². The summed E-state index contributed by atoms with van der Waals surface area (Å²) in [5.74, 6) is -0.101. The lowest BCUT2D eigenvalue weighted by atomic mass is 9.93. The van der Waals surface area contributed by atoms with Gasteiger partial charge in [-0.25, -0.2) is 0 Å². The maximum absolute atomic E-state index is 11.7. The van der Waals surface area contributed by atoms with Crippen LogP contribution in [-0.2, 0) is 9.53 Å². The van der Waals surface area contributed by atoms with E-state index >= 15 is 0 Å². The van der Waals surface area contributed by atoms with Gasteiger partial charge >= 0.3 is 5.97 Å². The monoisotopic (exact) mass is 257 g/mol. The number of aliphatic hydroxyl groups is 1. The Labute approximate surface area is 110 Å². The maximum Gasteiger partial charge on any atom is 0.310 e. The number of piperidine rings is 1. The molecule has 0 bridgehead atoms. The number of β-amino-alcohol motifs (C(OH)–C–C–N with tert-alkyl or cyclic N) is 1. The molecule has 1 heterocycles. The van der Waals surface area contributed by atoms with Gasteiger partial charge in [-0.15, -0.1) is 0 Å². The van der Waals surface area contributed by atoms with Gasteiger partial charge in [0.25, 0.3) is 0 Å². The Morgan fingerprint density at radius 2 is 2.06 bits per heavy atom. The van der Waals surface area contributed by atoms with Crippen molar-refractivity contribution in [3.8, 4) is 0 Å². The highest BCUT2D eigenvalue weighted by Gasteiger charge is 2.31. The smallest absolute Gasteiger partial charge is 0.310 e. The van der Waals surface area contributed by atoms with Gasteiger partial charge in [-0.3, -0.25) is 9.69 Å². The van der Waals surface area contributed by atoms with E-state index in [-0.39, 0.29) is 11.9 Å². The Hall–Kier alpha value is -0.610. The molecule has 0 saturated carbocycles. The molecule has 106 valence electrons. The van der Waals surface area contributed by atoms with E-state index in [9.17, 15) is 9.90 Å². The Morgan fingerprint density at radius 1 is 1.39 bits per heavy atom. The summed E-state index contributed by atoms with van der Waals surface area (Å²) in [6.45, 7) is 8.66. The summed E-state index contributed by atoms with van der Waals surface area (Å²) in [6, 6.07) is 0. The third-order valence-corrected chi connectivity index (χ3v) is 3.96. The van der Waals surface area contributed by atoms with Crippen molar-refractivity contribution in [3.63, 3.8) is 0 Å². The Bertz CT molecular complexity index is 264. The molecule has 0 aromatic heterocycles. The van der Waals surface area contributed by atoms with Gasteiger partial charge in [-0.2, -0.15) is 0 Å². The highest BCUT2D eigenvalue weighted by atomic mass is 16.5. The summed E-state index contributed by atoms with van der Waals surface area (Å²) in [5, 5.41) is 10.4. The molecule has 4 nitrogen and oxygen atoms in total. The number of hydrogen-bond donors (Lipinski definition) is 1. The number of carbonyl (C=O) groups excluding carboxylic acids is 1. The third kappa shape index (κ3) is 4.25. The highest BCUT2D eigenvalue weighted by molar-refractivity contribution is 5.72. The fraction of sp³-hybridized carbons (Fsp3) is 0.929. The predicted molar refractivity (Wildman–Crippen MR) is 71.3 cm³/mol. The number of likely N-dealkylation sites (tertiary alicyclic amines) is 1. The van der Waals surface area contributed by atoms with E-state index in [1.54, 1.807) is 0 Å². The summed E-state index contributed by atoms with van der Waals surface area (Å²) in [7, 11) is 0. The van der Waals surface area contributed by atoms with Gasteiger partial charge in [-0.1, -0.05) is 13.8 Å². The first-order valence-corrected chi connectivity index (χ1v) is 7.16. The zero-order valence-electron chi connectivity index (χ0n) is 11.9. The van der Waals surface area contributed by atoms with Crippen molar-refractivity contribution in [1.29, 1.82) is 0 Å². The molecule has 0 amide bonds. The van der Waals surface area contributed by atoms with Crippen LogP contribution in [0.5, 0.6) is 0 Å². The van der Waals surface area contributed by atoms with Crippen molar-refractivity contribution < 1.29 is 14.6 Å². The quantitative estimate of drug-likeness (QED) is 0.737. The second-order valence-corrected chi connectivity index (χ2v) is 5.26. The molecule has 0 spiro atoms. The number of nitrogens with zero attached hydrogens (tertiary/aromatic N) is 1. The van der Waals surface area contributed by atoms with Gasteiger partial charge in [-0.05, 0) is 39.2 Å². The SMILES string of the molecule is CCOC(=O)[C@@H]1CCCN(CC(O)(CC)CC)C1. The van der Waals surface area contributed by atoms with Crippen LogP contribution in [0, 0.1) is 5.92 Å². The third-order valence-electron chi connectivity index (χ3n) is 3.96. The van der Waals surface area contributed by atoms with Gasteiger partial charge in [0, 0.05) is 13.1 Å². The van der Waals surface area contributed by atoms with E-state index in [0.717, 1.165) is 38.8 Å². The molecule has 0 aliphatic carbocycles. The highest BCUT2D eigenvalue weighted by Crippen LogP contribution is 2.22.